The van der Waals surface area contributed by atoms with Crippen LogP contribution in [0.3, 0.4) is 0 Å². The number of hydrogen-bond donors (Lipinski definition) is 0. The summed E-state index contributed by atoms with van der Waals surface area (Å²) in [6.07, 6.45) is 3.03. The van der Waals surface area contributed by atoms with Crippen LogP contribution in [0.2, 0.25) is 0 Å². The van der Waals surface area contributed by atoms with E-state index in [1.54, 1.807) is 10.6 Å². The second-order valence-electron chi connectivity index (χ2n) is 3.55. The number of nitrogens with zero attached hydrogens (tertiary/aromatic N) is 2. The van der Waals surface area contributed by atoms with E-state index >= 15 is 0 Å². The normalized spacial score (nSPS) is 11.3. The summed E-state index contributed by atoms with van der Waals surface area (Å²) in [5.74, 6) is -2.95. The van der Waals surface area contributed by atoms with E-state index in [2.05, 4.69) is 4.98 Å². The van der Waals surface area contributed by atoms with Crippen LogP contribution in [-0.2, 0) is 0 Å². The van der Waals surface area contributed by atoms with Gasteiger partial charge in [-0.15, -0.1) is 0 Å². The molecule has 2 aromatic heterocycles. The van der Waals surface area contributed by atoms with E-state index in [9.17, 15) is 13.2 Å². The molecule has 0 amide bonds. The lowest BCUT2D eigenvalue weighted by molar-refractivity contribution is 0.496. The zero-order valence-electron chi connectivity index (χ0n) is 8.62. The quantitative estimate of drug-likeness (QED) is 0.488. The van der Waals surface area contributed by atoms with Gasteiger partial charge in [0.2, 0.25) is 0 Å². The molecule has 0 atom stereocenters. The average Bonchev–Trinajstić information content (AvgIpc) is 2.88. The molecule has 3 rings (SSSR count). The zero-order chi connectivity index (χ0) is 12.9. The van der Waals surface area contributed by atoms with Crippen LogP contribution in [-0.4, -0.2) is 9.38 Å². The topological polar surface area (TPSA) is 30.4 Å². The molecular formula is C11H4F3IN2O. The molecule has 7 heteroatoms. The van der Waals surface area contributed by atoms with Crippen molar-refractivity contribution >= 4 is 28.4 Å². The molecular weight excluding hydrogens is 360 g/mol. The maximum Gasteiger partial charge on any atom is 0.307 e. The Balaban J connectivity index is 2.28. The Morgan fingerprint density at radius 3 is 2.56 bits per heavy atom. The van der Waals surface area contributed by atoms with Gasteiger partial charge in [0.15, 0.2) is 11.6 Å². The summed E-state index contributed by atoms with van der Waals surface area (Å²) >= 11 is 1.93. The number of hydrogen-bond acceptors (Lipinski definition) is 2. The first-order chi connectivity index (χ1) is 8.58. The van der Waals surface area contributed by atoms with Crippen molar-refractivity contribution in [2.24, 2.45) is 0 Å². The van der Waals surface area contributed by atoms with Gasteiger partial charge in [0.1, 0.15) is 21.5 Å². The minimum atomic E-state index is -1.23. The van der Waals surface area contributed by atoms with E-state index < -0.39 is 17.5 Å². The first-order valence-electron chi connectivity index (χ1n) is 4.84. The van der Waals surface area contributed by atoms with Crippen LogP contribution < -0.4 is 0 Å². The van der Waals surface area contributed by atoms with E-state index in [-0.39, 0.29) is 17.1 Å². The largest absolute Gasteiger partial charge is 0.432 e. The molecule has 0 bridgehead atoms. The lowest BCUT2D eigenvalue weighted by Gasteiger charge is -2.01. The molecule has 18 heavy (non-hydrogen) atoms. The van der Waals surface area contributed by atoms with Crippen LogP contribution in [0.15, 0.2) is 29.0 Å². The molecule has 0 spiro atoms. The highest BCUT2D eigenvalue weighted by molar-refractivity contribution is 14.1. The molecule has 1 aromatic carbocycles. The van der Waals surface area contributed by atoms with E-state index in [1.807, 2.05) is 22.6 Å². The number of aromatic nitrogens is 2. The van der Waals surface area contributed by atoms with Gasteiger partial charge in [-0.25, -0.2) is 13.2 Å². The molecule has 3 nitrogen and oxygen atoms in total. The van der Waals surface area contributed by atoms with Crippen molar-refractivity contribution in [3.63, 3.8) is 0 Å². The summed E-state index contributed by atoms with van der Waals surface area (Å²) in [6, 6.07) is 1.29. The maximum absolute atomic E-state index is 13.6. The molecule has 0 N–H and O–H groups in total. The number of halogens is 4. The molecule has 0 aliphatic carbocycles. The van der Waals surface area contributed by atoms with Crippen molar-refractivity contribution in [2.45, 2.75) is 0 Å². The monoisotopic (exact) mass is 364 g/mol. The summed E-state index contributed by atoms with van der Waals surface area (Å²) < 4.78 is 46.8. The Hall–Kier alpha value is -1.51. The molecule has 0 unspecified atom stereocenters. The Bertz CT molecular complexity index is 750. The molecule has 0 aliphatic heterocycles. The second kappa shape index (κ2) is 4.01. The van der Waals surface area contributed by atoms with Crippen LogP contribution in [0.4, 0.5) is 13.2 Å². The fourth-order valence-electron chi connectivity index (χ4n) is 1.63. The number of oxazole rings is 1. The Labute approximate surface area is 112 Å². The summed E-state index contributed by atoms with van der Waals surface area (Å²) in [4.78, 5) is 4.03. The minimum Gasteiger partial charge on any atom is -0.432 e. The number of rotatable bonds is 1. The van der Waals surface area contributed by atoms with Crippen LogP contribution in [0.1, 0.15) is 0 Å². The van der Waals surface area contributed by atoms with Gasteiger partial charge in [-0.3, -0.25) is 4.40 Å². The predicted octanol–water partition coefficient (Wildman–Crippen LogP) is 3.62. The molecule has 3 aromatic rings. The fourth-order valence-corrected chi connectivity index (χ4v) is 2.41. The molecule has 0 saturated heterocycles. The van der Waals surface area contributed by atoms with Crippen molar-refractivity contribution < 1.29 is 17.6 Å². The number of imidazole rings is 1. The summed E-state index contributed by atoms with van der Waals surface area (Å²) in [5, 5.41) is 0. The van der Waals surface area contributed by atoms with Gasteiger partial charge in [-0.2, -0.15) is 4.98 Å². The van der Waals surface area contributed by atoms with E-state index in [1.165, 1.54) is 6.26 Å². The first-order valence-corrected chi connectivity index (χ1v) is 5.92. The van der Waals surface area contributed by atoms with Crippen LogP contribution in [0, 0.1) is 21.2 Å². The third kappa shape index (κ3) is 1.61. The van der Waals surface area contributed by atoms with Crippen LogP contribution in [0.5, 0.6) is 0 Å². The van der Waals surface area contributed by atoms with Gasteiger partial charge in [-0.05, 0) is 28.7 Å². The molecule has 0 saturated carbocycles. The summed E-state index contributed by atoms with van der Waals surface area (Å²) in [5.41, 5.74) is 0.114. The van der Waals surface area contributed by atoms with Gasteiger partial charge in [0.25, 0.3) is 0 Å². The zero-order valence-corrected chi connectivity index (χ0v) is 10.8. The van der Waals surface area contributed by atoms with Gasteiger partial charge < -0.3 is 4.42 Å². The van der Waals surface area contributed by atoms with Crippen molar-refractivity contribution in [3.05, 3.63) is 45.7 Å². The molecule has 0 aliphatic rings. The predicted molar refractivity (Wildman–Crippen MR) is 65.5 cm³/mol. The first kappa shape index (κ1) is 11.6. The van der Waals surface area contributed by atoms with Crippen LogP contribution >= 0.6 is 22.6 Å². The lowest BCUT2D eigenvalue weighted by Crippen LogP contribution is -1.93. The Morgan fingerprint density at radius 1 is 1.11 bits per heavy atom. The van der Waals surface area contributed by atoms with E-state index in [0.29, 0.717) is 9.77 Å². The molecule has 0 radical (unpaired) electrons. The van der Waals surface area contributed by atoms with Crippen LogP contribution in [0.25, 0.3) is 17.1 Å². The minimum absolute atomic E-state index is 0.0998. The van der Waals surface area contributed by atoms with Gasteiger partial charge in [0, 0.05) is 17.8 Å². The van der Waals surface area contributed by atoms with Crippen molar-refractivity contribution in [3.8, 4) is 11.3 Å². The highest BCUT2D eigenvalue weighted by Crippen LogP contribution is 2.29. The fraction of sp³-hybridized carbons (Fsp3) is 0. The molecule has 92 valence electrons. The van der Waals surface area contributed by atoms with Gasteiger partial charge in [-0.1, -0.05) is 0 Å². The van der Waals surface area contributed by atoms with Crippen molar-refractivity contribution in [1.82, 2.24) is 9.38 Å². The lowest BCUT2D eigenvalue weighted by atomic mass is 10.1. The smallest absolute Gasteiger partial charge is 0.307 e. The number of fused-ring (bicyclic) bond motifs is 1. The average molecular weight is 364 g/mol. The Kier molecular flexibility index (Phi) is 2.58. The third-order valence-corrected chi connectivity index (χ3v) is 3.50. The third-order valence-electron chi connectivity index (χ3n) is 2.47. The van der Waals surface area contributed by atoms with Gasteiger partial charge in [0.05, 0.1) is 0 Å². The SMILES string of the molecule is Fc1cc(F)c(-c2nc3occn3c2I)cc1F. The van der Waals surface area contributed by atoms with Crippen molar-refractivity contribution in [1.29, 1.82) is 0 Å². The second-order valence-corrected chi connectivity index (χ2v) is 4.57. The number of benzene rings is 1. The maximum atomic E-state index is 13.6. The van der Waals surface area contributed by atoms with E-state index in [0.717, 1.165) is 6.07 Å². The van der Waals surface area contributed by atoms with E-state index in [4.69, 9.17) is 4.42 Å². The molecule has 2 heterocycles. The highest BCUT2D eigenvalue weighted by Gasteiger charge is 2.19. The Morgan fingerprint density at radius 2 is 1.83 bits per heavy atom. The van der Waals surface area contributed by atoms with Crippen molar-refractivity contribution in [2.75, 3.05) is 0 Å². The molecule has 0 fully saturated rings. The van der Waals surface area contributed by atoms with Gasteiger partial charge >= 0.3 is 5.84 Å². The highest BCUT2D eigenvalue weighted by atomic mass is 127. The summed E-state index contributed by atoms with van der Waals surface area (Å²) in [7, 11) is 0. The summed E-state index contributed by atoms with van der Waals surface area (Å²) in [6.45, 7) is 0. The standard InChI is InChI=1S/C11H4F3IN2O/c12-6-4-8(14)7(13)3-5(6)9-10(15)17-1-2-18-11(17)16-9/h1-4H.